The quantitative estimate of drug-likeness (QED) is 0.113. The maximum atomic E-state index is 16.0. The van der Waals surface area contributed by atoms with Gasteiger partial charge in [-0.15, -0.1) is 0 Å². The first kappa shape index (κ1) is 32.5. The summed E-state index contributed by atoms with van der Waals surface area (Å²) in [7, 11) is 1.51. The standard InChI is InChI=1S/C21H26F2N10O8P2S2/c1-26-16(24)12-18(27-2)32(6-30-12)20-10(22)14-8(38-20)3-36-43(35,45)41-15-9(4-37-42(34,44)40-14)39-21(11(15)23)33-7-31-13-17(25)28-5-29-19(13)33/h5-11,14-15,20-21,24,27H,1,3-4H2,2H3,(H,34,44)(H,35,45)(H2,25,28,29)/t8-,9-,10-,11-,14-,15-,20-,21-,42?,43?/m1/s1. The van der Waals surface area contributed by atoms with Gasteiger partial charge in [-0.25, -0.2) is 38.3 Å². The first-order valence-corrected chi connectivity index (χ1v) is 18.3. The molecule has 0 spiro atoms. The number of nitrogens with zero attached hydrogens (tertiary/aromatic N) is 7. The van der Waals surface area contributed by atoms with Crippen LogP contribution in [0.3, 0.4) is 0 Å². The van der Waals surface area contributed by atoms with E-state index in [1.165, 1.54) is 28.8 Å². The zero-order valence-electron chi connectivity index (χ0n) is 23.0. The molecule has 0 saturated carbocycles. The predicted molar refractivity (Wildman–Crippen MR) is 160 cm³/mol. The Balaban J connectivity index is 1.27. The molecule has 18 nitrogen and oxygen atoms in total. The number of rotatable bonds is 4. The molecule has 5 N–H and O–H groups in total. The second-order valence-electron chi connectivity index (χ2n) is 9.88. The number of halogens is 2. The number of hydrogen-bond donors (Lipinski definition) is 5. The van der Waals surface area contributed by atoms with Gasteiger partial charge in [-0.05, 0) is 18.5 Å². The van der Waals surface area contributed by atoms with Gasteiger partial charge in [-0.1, -0.05) is 12.2 Å². The van der Waals surface area contributed by atoms with E-state index >= 15 is 8.78 Å². The lowest BCUT2D eigenvalue weighted by atomic mass is 10.1. The summed E-state index contributed by atoms with van der Waals surface area (Å²) in [5.74, 6) is -0.0768. The molecule has 2 unspecified atom stereocenters. The number of hydrogen-bond acceptors (Lipinski definition) is 15. The highest BCUT2D eigenvalue weighted by Crippen LogP contribution is 2.58. The Hall–Kier alpha value is -2.49. The second kappa shape index (κ2) is 12.3. The third-order valence-electron chi connectivity index (χ3n) is 7.20. The molecule has 6 heterocycles. The molecule has 0 bridgehead atoms. The van der Waals surface area contributed by atoms with Gasteiger partial charge in [0.15, 0.2) is 42.1 Å². The van der Waals surface area contributed by atoms with Crippen molar-refractivity contribution in [2.24, 2.45) is 4.99 Å². The Kier molecular flexibility index (Phi) is 8.85. The third-order valence-corrected chi connectivity index (χ3v) is 10.4. The van der Waals surface area contributed by atoms with E-state index in [9.17, 15) is 9.46 Å². The van der Waals surface area contributed by atoms with Gasteiger partial charge in [-0.2, -0.15) is 0 Å². The molecule has 3 saturated heterocycles. The Morgan fingerprint density at radius 1 is 1.13 bits per heavy atom. The van der Waals surface area contributed by atoms with Crippen LogP contribution in [0.4, 0.5) is 20.4 Å². The van der Waals surface area contributed by atoms with Crippen LogP contribution < -0.4 is 11.1 Å². The van der Waals surface area contributed by atoms with Crippen LogP contribution in [0.2, 0.25) is 0 Å². The van der Waals surface area contributed by atoms with Gasteiger partial charge in [0.05, 0.1) is 25.9 Å². The number of aromatic nitrogens is 6. The summed E-state index contributed by atoms with van der Waals surface area (Å²) in [6.07, 6.45) is -9.28. The minimum atomic E-state index is -4.40. The van der Waals surface area contributed by atoms with Crippen LogP contribution in [-0.2, 0) is 43.9 Å². The fraction of sp³-hybridized carbons (Fsp3) is 0.524. The zero-order chi connectivity index (χ0) is 32.3. The number of nitrogen functional groups attached to an aromatic ring is 1. The molecule has 3 aromatic rings. The number of thiol groups is 1. The van der Waals surface area contributed by atoms with Crippen molar-refractivity contribution in [3.05, 3.63) is 24.7 Å². The largest absolute Gasteiger partial charge is 0.386 e. The molecule has 3 aliphatic heterocycles. The number of fused-ring (bicyclic) bond motifs is 3. The van der Waals surface area contributed by atoms with Crippen molar-refractivity contribution >= 4 is 72.9 Å². The van der Waals surface area contributed by atoms with Gasteiger partial charge < -0.3 is 29.9 Å². The Bertz CT molecular complexity index is 1740. The van der Waals surface area contributed by atoms with Crippen molar-refractivity contribution in [2.45, 2.75) is 49.2 Å². The molecule has 3 aromatic heterocycles. The number of anilines is 2. The molecule has 0 aromatic carbocycles. The van der Waals surface area contributed by atoms with Crippen molar-refractivity contribution in [2.75, 3.05) is 31.3 Å². The van der Waals surface area contributed by atoms with E-state index in [-0.39, 0.29) is 34.3 Å². The summed E-state index contributed by atoms with van der Waals surface area (Å²) in [4.78, 5) is 30.6. The first-order valence-electron chi connectivity index (χ1n) is 13.0. The molecular formula is C21H26F2N10O8P2S2. The molecule has 0 radical (unpaired) electrons. The number of nitrogens with two attached hydrogens (primary N) is 1. The number of nitrogens with one attached hydrogen (secondary N) is 2. The SMILES string of the molecule is C=NC(=N)c1ncn([C@@H]2O[C@@H]3COP(O)(=S)O[C@H]4[C@@H](F)[C@H](n5cnc6c(N)ncnc65)O[C@@H]4COP(=O)(S)O[C@H]3[C@H]2F)c1NC. The molecule has 10 atom stereocenters. The lowest BCUT2D eigenvalue weighted by Gasteiger charge is -2.29. The highest BCUT2D eigenvalue weighted by molar-refractivity contribution is 8.44. The smallest absolute Gasteiger partial charge is 0.382 e. The van der Waals surface area contributed by atoms with Gasteiger partial charge in [-0.3, -0.25) is 28.1 Å². The van der Waals surface area contributed by atoms with E-state index < -0.39 is 75.9 Å². The first-order chi connectivity index (χ1) is 21.3. The monoisotopic (exact) mass is 710 g/mol. The minimum Gasteiger partial charge on any atom is -0.382 e. The summed E-state index contributed by atoms with van der Waals surface area (Å²) < 4.78 is 81.5. The number of amidine groups is 1. The zero-order valence-corrected chi connectivity index (χ0v) is 26.5. The van der Waals surface area contributed by atoms with Gasteiger partial charge in [0, 0.05) is 7.05 Å². The van der Waals surface area contributed by atoms with Crippen molar-refractivity contribution in [1.82, 2.24) is 29.1 Å². The predicted octanol–water partition coefficient (Wildman–Crippen LogP) is 1.92. The molecule has 0 amide bonds. The van der Waals surface area contributed by atoms with Crippen LogP contribution in [-0.4, -0.2) is 104 Å². The van der Waals surface area contributed by atoms with E-state index in [4.69, 9.17) is 50.5 Å². The number of aliphatic imine (C=N–C) groups is 1. The maximum absolute atomic E-state index is 16.0. The summed E-state index contributed by atoms with van der Waals surface area (Å²) in [5, 5.41) is 10.7. The molecule has 3 aliphatic rings. The second-order valence-corrected chi connectivity index (χ2v) is 15.5. The Labute approximate surface area is 263 Å². The lowest BCUT2D eigenvalue weighted by Crippen LogP contribution is -2.37. The summed E-state index contributed by atoms with van der Waals surface area (Å²) in [6.45, 7) is -6.64. The highest BCUT2D eigenvalue weighted by atomic mass is 32.7. The van der Waals surface area contributed by atoms with E-state index in [1.54, 1.807) is 0 Å². The lowest BCUT2D eigenvalue weighted by molar-refractivity contribution is -0.0566. The normalized spacial score (nSPS) is 37.4. The molecule has 244 valence electrons. The van der Waals surface area contributed by atoms with Crippen molar-refractivity contribution in [1.29, 1.82) is 5.41 Å². The van der Waals surface area contributed by atoms with Gasteiger partial charge in [0.1, 0.15) is 47.8 Å². The van der Waals surface area contributed by atoms with Crippen LogP contribution in [0.1, 0.15) is 18.1 Å². The van der Waals surface area contributed by atoms with Gasteiger partial charge in [0.25, 0.3) is 0 Å². The Morgan fingerprint density at radius 3 is 2.42 bits per heavy atom. The maximum Gasteiger partial charge on any atom is 0.386 e. The third kappa shape index (κ3) is 6.05. The number of ether oxygens (including phenoxy) is 2. The molecule has 3 fully saturated rings. The van der Waals surface area contributed by atoms with Crippen LogP contribution >= 0.6 is 25.8 Å². The van der Waals surface area contributed by atoms with Crippen molar-refractivity contribution < 1.29 is 45.8 Å². The Morgan fingerprint density at radius 2 is 1.76 bits per heavy atom. The van der Waals surface area contributed by atoms with Gasteiger partial charge in [0.2, 0.25) is 0 Å². The number of imidazole rings is 2. The van der Waals surface area contributed by atoms with Crippen LogP contribution in [0, 0.1) is 5.41 Å². The summed E-state index contributed by atoms with van der Waals surface area (Å²) >= 11 is 9.15. The fourth-order valence-electron chi connectivity index (χ4n) is 5.17. The van der Waals surface area contributed by atoms with Crippen molar-refractivity contribution in [3.8, 4) is 0 Å². The average molecular weight is 711 g/mol. The average Bonchev–Trinajstić information content (AvgIpc) is 3.75. The van der Waals surface area contributed by atoms with Gasteiger partial charge >= 0.3 is 13.5 Å². The minimum absolute atomic E-state index is 0.0516. The molecule has 6 rings (SSSR count). The summed E-state index contributed by atoms with van der Waals surface area (Å²) in [6, 6.07) is 0. The number of alkyl halides is 2. The van der Waals surface area contributed by atoms with Crippen LogP contribution in [0.15, 0.2) is 24.0 Å². The molecular weight excluding hydrogens is 684 g/mol. The van der Waals surface area contributed by atoms with Crippen LogP contribution in [0.25, 0.3) is 11.2 Å². The highest BCUT2D eigenvalue weighted by Gasteiger charge is 2.54. The fourth-order valence-corrected chi connectivity index (χ4v) is 8.08. The van der Waals surface area contributed by atoms with E-state index in [0.717, 1.165) is 6.33 Å². The van der Waals surface area contributed by atoms with Crippen molar-refractivity contribution in [3.63, 3.8) is 0 Å². The molecule has 45 heavy (non-hydrogen) atoms. The van der Waals surface area contributed by atoms with E-state index in [0.29, 0.717) is 0 Å². The van der Waals surface area contributed by atoms with E-state index in [2.05, 4.69) is 49.2 Å². The van der Waals surface area contributed by atoms with E-state index in [1.807, 2.05) is 0 Å². The molecule has 0 aliphatic carbocycles. The molecule has 24 heteroatoms. The summed E-state index contributed by atoms with van der Waals surface area (Å²) in [5.41, 5.74) is 6.23. The topological polar surface area (TPSA) is 228 Å². The van der Waals surface area contributed by atoms with Crippen LogP contribution in [0.5, 0.6) is 0 Å².